The van der Waals surface area contributed by atoms with Crippen molar-refractivity contribution in [1.82, 2.24) is 16.0 Å². The van der Waals surface area contributed by atoms with Gasteiger partial charge in [0, 0.05) is 42.8 Å². The fraction of sp³-hybridized carbons (Fsp3) is 0.530. The van der Waals surface area contributed by atoms with Crippen molar-refractivity contribution in [3.05, 3.63) is 159 Å². The average Bonchev–Trinajstić information content (AvgIpc) is 4.16. The maximum absolute atomic E-state index is 15.1. The number of benzene rings is 3. The van der Waals surface area contributed by atoms with E-state index in [0.717, 1.165) is 40.8 Å². The molecule has 0 radical (unpaired) electrons. The highest BCUT2D eigenvalue weighted by molar-refractivity contribution is 5.98. The van der Waals surface area contributed by atoms with Crippen molar-refractivity contribution in [3.63, 3.8) is 0 Å². The van der Waals surface area contributed by atoms with E-state index in [0.29, 0.717) is 72.3 Å². The molecule has 3 aromatic carbocycles. The molecule has 15 nitrogen and oxygen atoms in total. The monoisotopic (exact) mass is 1110 g/mol. The number of carbonyl (C=O) groups is 2. The Morgan fingerprint density at radius 2 is 1.67 bits per heavy atom. The zero-order chi connectivity index (χ0) is 58.2. The van der Waals surface area contributed by atoms with E-state index < -0.39 is 71.1 Å². The van der Waals surface area contributed by atoms with Crippen LogP contribution in [0.15, 0.2) is 130 Å². The number of phenolic OH excluding ortho intramolecular Hbond substituents is 1. The van der Waals surface area contributed by atoms with Gasteiger partial charge in [0.15, 0.2) is 11.7 Å². The number of fused-ring (bicyclic) bond motifs is 4. The standard InChI is InChI=1S/C66H91N7O8/c1-39(2)19-26-56(70-35-42-12-6-7-13-42)40(3)11-8-17-47(38-74)51-28-30-66(61(51)79)55-25-24-49(76)32-43-14-9-15-44(31-43)33-53(54(36-72-64(68)69)45-20-22-48(75)23-21-45)58(78)37-71-60-59-46(16-10-18-52(59)62(67)73-63(60)80)34-57(77)41(4)50(55)27-29-65(66,5)81/h8-11,14-23,31,42,49,51,53-56,58,60-62,70-71,74-76,78-79,81H,3,6-7,12-13,24-30,32-38,67H2,1-2,4-5H3,(H,73,80)(H4,68,69,72). The lowest BCUT2D eigenvalue weighted by Crippen LogP contribution is -2.59. The number of aliphatic hydroxyl groups is 5. The van der Waals surface area contributed by atoms with Crippen molar-refractivity contribution in [1.29, 1.82) is 0 Å². The molecule has 5 aliphatic rings. The summed E-state index contributed by atoms with van der Waals surface area (Å²) >= 11 is 0. The van der Waals surface area contributed by atoms with Crippen LogP contribution in [0.25, 0.3) is 0 Å². The minimum absolute atomic E-state index is 0.0458. The lowest BCUT2D eigenvalue weighted by molar-refractivity contribution is -0.168. The van der Waals surface area contributed by atoms with Gasteiger partial charge in [-0.25, -0.2) is 0 Å². The Bertz CT molecular complexity index is 2860. The van der Waals surface area contributed by atoms with Gasteiger partial charge in [0.2, 0.25) is 5.91 Å². The molecule has 2 bridgehead atoms. The molecule has 2 heterocycles. The molecule has 8 rings (SSSR count). The van der Waals surface area contributed by atoms with Gasteiger partial charge in [-0.2, -0.15) is 0 Å². The molecule has 1 amide bonds. The van der Waals surface area contributed by atoms with Crippen LogP contribution >= 0.6 is 0 Å². The van der Waals surface area contributed by atoms with E-state index in [1.54, 1.807) is 31.2 Å². The van der Waals surface area contributed by atoms with E-state index in [2.05, 4.69) is 47.4 Å². The highest BCUT2D eigenvalue weighted by Gasteiger charge is 2.64. The highest BCUT2D eigenvalue weighted by Crippen LogP contribution is 2.63. The Morgan fingerprint density at radius 1 is 0.951 bits per heavy atom. The van der Waals surface area contributed by atoms with Crippen molar-refractivity contribution in [2.45, 2.75) is 166 Å². The molecule has 0 aromatic heterocycles. The van der Waals surface area contributed by atoms with Crippen LogP contribution in [-0.2, 0) is 28.9 Å². The second-order valence-electron chi connectivity index (χ2n) is 24.6. The number of amides is 1. The van der Waals surface area contributed by atoms with Crippen molar-refractivity contribution in [2.24, 2.45) is 51.3 Å². The van der Waals surface area contributed by atoms with Crippen LogP contribution in [0.4, 0.5) is 0 Å². The van der Waals surface area contributed by atoms with Gasteiger partial charge in [-0.15, -0.1) is 0 Å². The number of ketones is 1. The molecule has 81 heavy (non-hydrogen) atoms. The number of guanidine groups is 1. The van der Waals surface area contributed by atoms with E-state index in [4.69, 9.17) is 17.2 Å². The third-order valence-electron chi connectivity index (χ3n) is 19.0. The number of hydrogen-bond donors (Lipinski definition) is 12. The first-order chi connectivity index (χ1) is 38.7. The van der Waals surface area contributed by atoms with E-state index >= 15 is 4.79 Å². The summed E-state index contributed by atoms with van der Waals surface area (Å²) in [4.78, 5) is 33.7. The minimum atomic E-state index is -1.39. The lowest BCUT2D eigenvalue weighted by Gasteiger charge is -2.56. The fourth-order valence-electron chi connectivity index (χ4n) is 14.5. The average molecular weight is 1110 g/mol. The number of hydrogen-bond acceptors (Lipinski definition) is 12. The summed E-state index contributed by atoms with van der Waals surface area (Å²) in [6.45, 7) is 13.0. The Labute approximate surface area is 479 Å². The summed E-state index contributed by atoms with van der Waals surface area (Å²) in [7, 11) is 0. The van der Waals surface area contributed by atoms with Crippen LogP contribution in [0.1, 0.15) is 150 Å². The van der Waals surface area contributed by atoms with Crippen molar-refractivity contribution >= 4 is 17.6 Å². The number of nitrogens with two attached hydrogens (primary N) is 3. The minimum Gasteiger partial charge on any atom is -0.508 e. The Kier molecular flexibility index (Phi) is 20.5. The van der Waals surface area contributed by atoms with Crippen LogP contribution in [0.5, 0.6) is 5.75 Å². The number of aromatic hydroxyl groups is 1. The molecule has 15 heteroatoms. The number of Topliss-reactive ketones (excluding diaryl/α,β-unsaturated/α-hetero) is 1. The first-order valence-corrected chi connectivity index (χ1v) is 29.6. The lowest BCUT2D eigenvalue weighted by atomic mass is 9.52. The first-order valence-electron chi connectivity index (χ1n) is 29.6. The van der Waals surface area contributed by atoms with Crippen LogP contribution < -0.4 is 33.2 Å². The number of β-amino-alcohol motifs (C(OH)–C–C–N with tert-alkyl or cyclic N) is 1. The number of aliphatic hydroxyl groups excluding tert-OH is 4. The number of rotatable bonds is 14. The third kappa shape index (κ3) is 14.2. The van der Waals surface area contributed by atoms with Crippen LogP contribution in [-0.4, -0.2) is 104 Å². The molecule has 12 atom stereocenters. The zero-order valence-electron chi connectivity index (χ0n) is 48.1. The van der Waals surface area contributed by atoms with Gasteiger partial charge in [-0.05, 0) is 185 Å². The molecule has 3 saturated carbocycles. The number of carbonyl (C=O) groups excluding carboxylic acids is 2. The molecule has 3 aliphatic carbocycles. The zero-order valence-corrected chi connectivity index (χ0v) is 48.1. The number of allylic oxidation sites excluding steroid dienone is 5. The van der Waals surface area contributed by atoms with Gasteiger partial charge in [-0.3, -0.25) is 19.9 Å². The fourth-order valence-corrected chi connectivity index (χ4v) is 14.5. The topological polar surface area (TPSA) is 282 Å². The number of nitrogens with zero attached hydrogens (tertiary/aromatic N) is 1. The third-order valence-corrected chi connectivity index (χ3v) is 19.0. The summed E-state index contributed by atoms with van der Waals surface area (Å²) < 4.78 is 0. The van der Waals surface area contributed by atoms with Gasteiger partial charge in [0.1, 0.15) is 18.0 Å². The molecule has 3 fully saturated rings. The first kappa shape index (κ1) is 61.3. The van der Waals surface area contributed by atoms with E-state index in [-0.39, 0.29) is 62.5 Å². The van der Waals surface area contributed by atoms with Gasteiger partial charge >= 0.3 is 0 Å². The highest BCUT2D eigenvalue weighted by atomic mass is 16.3. The SMILES string of the molecule is C=C(C=CC=C(CO)C1CCC2(C3CCC(O)Cc4cccc(c4)CC(C(CN=C(N)N)c4ccc(O)cc4)C(O)CNC4C(=O)NC(N)c5cccc(c54)CC(=O)C(C)=C3CCC2(C)O)C1O)C(CC=C(C)C)NCC1CCCC1. The van der Waals surface area contributed by atoms with E-state index in [1.807, 2.05) is 67.6 Å². The maximum Gasteiger partial charge on any atom is 0.243 e. The summed E-state index contributed by atoms with van der Waals surface area (Å²) in [5.41, 5.74) is 24.4. The van der Waals surface area contributed by atoms with Gasteiger partial charge in [0.25, 0.3) is 0 Å². The van der Waals surface area contributed by atoms with E-state index in [1.165, 1.54) is 31.3 Å². The number of phenols is 1. The molecule has 3 aromatic rings. The Hall–Kier alpha value is -5.75. The van der Waals surface area contributed by atoms with Gasteiger partial charge < -0.3 is 58.5 Å². The molecule has 438 valence electrons. The van der Waals surface area contributed by atoms with Crippen LogP contribution in [0, 0.1) is 29.1 Å². The summed E-state index contributed by atoms with van der Waals surface area (Å²) in [5, 5.41) is 81.8. The second-order valence-corrected chi connectivity index (χ2v) is 24.6. The van der Waals surface area contributed by atoms with Crippen molar-refractivity contribution < 1.29 is 40.2 Å². The van der Waals surface area contributed by atoms with Crippen LogP contribution in [0.2, 0.25) is 0 Å². The molecule has 1 spiro atoms. The summed E-state index contributed by atoms with van der Waals surface area (Å²) in [6.07, 6.45) is 12.7. The Morgan fingerprint density at radius 3 is 2.37 bits per heavy atom. The normalized spacial score (nSPS) is 29.6. The molecular formula is C66H91N7O8. The number of aliphatic imine (C=N–C) groups is 1. The molecule has 15 N–H and O–H groups in total. The quantitative estimate of drug-likeness (QED) is 0.0337. The number of nitrogens with one attached hydrogen (secondary N) is 3. The van der Waals surface area contributed by atoms with Gasteiger partial charge in [-0.1, -0.05) is 109 Å². The van der Waals surface area contributed by atoms with Crippen LogP contribution in [0.3, 0.4) is 0 Å². The van der Waals surface area contributed by atoms with E-state index in [9.17, 15) is 35.4 Å². The summed E-state index contributed by atoms with van der Waals surface area (Å²) in [6, 6.07) is 19.1. The maximum atomic E-state index is 15.1. The van der Waals surface area contributed by atoms with Crippen molar-refractivity contribution in [2.75, 3.05) is 26.2 Å². The predicted octanol–water partition coefficient (Wildman–Crippen LogP) is 6.97. The second kappa shape index (κ2) is 27.1. The molecule has 2 aliphatic heterocycles. The Balaban J connectivity index is 1.16. The largest absolute Gasteiger partial charge is 0.508 e. The molecule has 0 saturated heterocycles. The van der Waals surface area contributed by atoms with Gasteiger partial charge in [0.05, 0.1) is 30.5 Å². The van der Waals surface area contributed by atoms with Crippen molar-refractivity contribution in [3.8, 4) is 5.75 Å². The summed E-state index contributed by atoms with van der Waals surface area (Å²) in [5.74, 6) is -2.04. The predicted molar refractivity (Wildman–Crippen MR) is 320 cm³/mol. The smallest absolute Gasteiger partial charge is 0.243 e. The molecular weight excluding hydrogens is 1020 g/mol. The molecule has 12 unspecified atom stereocenters.